The van der Waals surface area contributed by atoms with Gasteiger partial charge in [-0.2, -0.15) is 4.98 Å². The van der Waals surface area contributed by atoms with E-state index in [1.807, 2.05) is 18.2 Å². The molecule has 0 saturated heterocycles. The summed E-state index contributed by atoms with van der Waals surface area (Å²) in [5.41, 5.74) is 0.969. The quantitative estimate of drug-likeness (QED) is 0.742. The van der Waals surface area contributed by atoms with Crippen LogP contribution in [0.1, 0.15) is 0 Å². The Labute approximate surface area is 96.8 Å². The third kappa shape index (κ3) is 1.76. The maximum Gasteiger partial charge on any atom is 0.214 e. The highest BCUT2D eigenvalue weighted by Crippen LogP contribution is 2.29. The van der Waals surface area contributed by atoms with E-state index in [0.717, 1.165) is 13.6 Å². The molecule has 0 aliphatic rings. The molecule has 0 N–H and O–H groups in total. The summed E-state index contributed by atoms with van der Waals surface area (Å²) in [7, 11) is 0. The zero-order valence-corrected chi connectivity index (χ0v) is 10.1. The van der Waals surface area contributed by atoms with Crippen molar-refractivity contribution in [3.8, 4) is 11.4 Å². The van der Waals surface area contributed by atoms with Crippen molar-refractivity contribution in [3.05, 3.63) is 32.6 Å². The standard InChI is InChI=1S/C8H4BrIN2O/c9-5-2-1-3-6(10)7(5)8-11-4-13-12-8/h1-4H. The Morgan fingerprint density at radius 2 is 2.23 bits per heavy atom. The van der Waals surface area contributed by atoms with Gasteiger partial charge in [0.2, 0.25) is 12.2 Å². The van der Waals surface area contributed by atoms with Crippen LogP contribution >= 0.6 is 38.5 Å². The van der Waals surface area contributed by atoms with E-state index in [1.165, 1.54) is 6.39 Å². The molecular formula is C8H4BrIN2O. The van der Waals surface area contributed by atoms with Gasteiger partial charge in [0.15, 0.2) is 0 Å². The lowest BCUT2D eigenvalue weighted by Crippen LogP contribution is -1.86. The molecule has 1 aromatic heterocycles. The van der Waals surface area contributed by atoms with Crippen molar-refractivity contribution in [2.75, 3.05) is 0 Å². The van der Waals surface area contributed by atoms with E-state index < -0.39 is 0 Å². The van der Waals surface area contributed by atoms with Gasteiger partial charge in [0.1, 0.15) is 0 Å². The minimum atomic E-state index is 0.608. The minimum Gasteiger partial charge on any atom is -0.342 e. The highest BCUT2D eigenvalue weighted by atomic mass is 127. The molecule has 0 bridgehead atoms. The number of nitrogens with zero attached hydrogens (tertiary/aromatic N) is 2. The van der Waals surface area contributed by atoms with E-state index in [-0.39, 0.29) is 0 Å². The Bertz CT molecular complexity index is 396. The Balaban J connectivity index is 2.64. The maximum atomic E-state index is 4.69. The van der Waals surface area contributed by atoms with Crippen molar-refractivity contribution in [1.82, 2.24) is 10.1 Å². The van der Waals surface area contributed by atoms with Crippen molar-refractivity contribution < 1.29 is 4.52 Å². The molecule has 5 heteroatoms. The Morgan fingerprint density at radius 3 is 2.85 bits per heavy atom. The molecule has 0 aliphatic heterocycles. The van der Waals surface area contributed by atoms with Gasteiger partial charge in [-0.1, -0.05) is 11.2 Å². The molecule has 2 aromatic rings. The van der Waals surface area contributed by atoms with E-state index in [1.54, 1.807) is 0 Å². The van der Waals surface area contributed by atoms with Crippen LogP contribution in [-0.4, -0.2) is 10.1 Å². The topological polar surface area (TPSA) is 38.9 Å². The summed E-state index contributed by atoms with van der Waals surface area (Å²) in [5, 5.41) is 3.79. The summed E-state index contributed by atoms with van der Waals surface area (Å²) >= 11 is 5.68. The van der Waals surface area contributed by atoms with Gasteiger partial charge in [0.05, 0.1) is 5.56 Å². The summed E-state index contributed by atoms with van der Waals surface area (Å²) in [5.74, 6) is 0.608. The smallest absolute Gasteiger partial charge is 0.214 e. The molecule has 1 heterocycles. The number of hydrogen-bond donors (Lipinski definition) is 0. The predicted octanol–water partition coefficient (Wildman–Crippen LogP) is 3.10. The van der Waals surface area contributed by atoms with Crippen molar-refractivity contribution >= 4 is 38.5 Å². The van der Waals surface area contributed by atoms with E-state index in [4.69, 9.17) is 4.52 Å². The molecule has 0 aliphatic carbocycles. The van der Waals surface area contributed by atoms with Crippen LogP contribution in [0.25, 0.3) is 11.4 Å². The van der Waals surface area contributed by atoms with Crippen molar-refractivity contribution in [2.45, 2.75) is 0 Å². The molecule has 13 heavy (non-hydrogen) atoms. The first-order valence-electron chi connectivity index (χ1n) is 3.50. The molecule has 0 fully saturated rings. The molecule has 1 aromatic carbocycles. The van der Waals surface area contributed by atoms with Crippen molar-refractivity contribution in [2.24, 2.45) is 0 Å². The molecule has 3 nitrogen and oxygen atoms in total. The Morgan fingerprint density at radius 1 is 1.38 bits per heavy atom. The normalized spacial score (nSPS) is 10.3. The number of hydrogen-bond acceptors (Lipinski definition) is 3. The molecule has 66 valence electrons. The fourth-order valence-electron chi connectivity index (χ4n) is 0.992. The average Bonchev–Trinajstić information content (AvgIpc) is 2.57. The second kappa shape index (κ2) is 3.75. The summed E-state index contributed by atoms with van der Waals surface area (Å²) in [6.07, 6.45) is 1.32. The summed E-state index contributed by atoms with van der Waals surface area (Å²) in [6, 6.07) is 5.92. The van der Waals surface area contributed by atoms with Gasteiger partial charge < -0.3 is 4.52 Å². The van der Waals surface area contributed by atoms with Crippen LogP contribution in [0.4, 0.5) is 0 Å². The number of rotatable bonds is 1. The Hall–Kier alpha value is -0.430. The zero-order chi connectivity index (χ0) is 9.26. The first kappa shape index (κ1) is 9.14. The van der Waals surface area contributed by atoms with Gasteiger partial charge in [-0.25, -0.2) is 0 Å². The molecule has 0 amide bonds. The van der Waals surface area contributed by atoms with E-state index >= 15 is 0 Å². The summed E-state index contributed by atoms with van der Waals surface area (Å²) < 4.78 is 6.76. The molecule has 0 unspecified atom stereocenters. The minimum absolute atomic E-state index is 0.608. The zero-order valence-electron chi connectivity index (χ0n) is 6.37. The highest BCUT2D eigenvalue weighted by molar-refractivity contribution is 14.1. The van der Waals surface area contributed by atoms with E-state index in [9.17, 15) is 0 Å². The van der Waals surface area contributed by atoms with Crippen LogP contribution in [-0.2, 0) is 0 Å². The van der Waals surface area contributed by atoms with Gasteiger partial charge in [0, 0.05) is 8.04 Å². The van der Waals surface area contributed by atoms with E-state index in [2.05, 4.69) is 48.7 Å². The molecule has 0 saturated carbocycles. The summed E-state index contributed by atoms with van der Waals surface area (Å²) in [6.45, 7) is 0. The molecule has 2 rings (SSSR count). The molecule has 0 atom stereocenters. The number of halogens is 2. The lowest BCUT2D eigenvalue weighted by atomic mass is 10.2. The average molecular weight is 351 g/mol. The monoisotopic (exact) mass is 350 g/mol. The second-order valence-electron chi connectivity index (χ2n) is 2.35. The number of benzene rings is 1. The highest BCUT2D eigenvalue weighted by Gasteiger charge is 2.10. The van der Waals surface area contributed by atoms with Crippen LogP contribution in [0.2, 0.25) is 0 Å². The molecule has 0 radical (unpaired) electrons. The SMILES string of the molecule is Brc1cccc(I)c1-c1ncon1. The number of aromatic nitrogens is 2. The van der Waals surface area contributed by atoms with Crippen LogP contribution in [0.5, 0.6) is 0 Å². The molecular weight excluding hydrogens is 347 g/mol. The lowest BCUT2D eigenvalue weighted by Gasteiger charge is -2.00. The van der Waals surface area contributed by atoms with Crippen LogP contribution < -0.4 is 0 Å². The largest absolute Gasteiger partial charge is 0.342 e. The fraction of sp³-hybridized carbons (Fsp3) is 0. The van der Waals surface area contributed by atoms with Gasteiger partial charge >= 0.3 is 0 Å². The first-order chi connectivity index (χ1) is 6.29. The van der Waals surface area contributed by atoms with Gasteiger partial charge in [0.25, 0.3) is 0 Å². The van der Waals surface area contributed by atoms with Crippen LogP contribution in [0.3, 0.4) is 0 Å². The Kier molecular flexibility index (Phi) is 2.63. The van der Waals surface area contributed by atoms with Crippen molar-refractivity contribution in [1.29, 1.82) is 0 Å². The van der Waals surface area contributed by atoms with Crippen LogP contribution in [0.15, 0.2) is 33.6 Å². The van der Waals surface area contributed by atoms with Gasteiger partial charge in [-0.15, -0.1) is 0 Å². The fourth-order valence-corrected chi connectivity index (χ4v) is 2.65. The first-order valence-corrected chi connectivity index (χ1v) is 5.37. The van der Waals surface area contributed by atoms with Crippen molar-refractivity contribution in [3.63, 3.8) is 0 Å². The second-order valence-corrected chi connectivity index (χ2v) is 4.37. The van der Waals surface area contributed by atoms with Gasteiger partial charge in [-0.3, -0.25) is 0 Å². The summed E-state index contributed by atoms with van der Waals surface area (Å²) in [4.78, 5) is 4.00. The third-order valence-corrected chi connectivity index (χ3v) is 3.11. The lowest BCUT2D eigenvalue weighted by molar-refractivity contribution is 0.418. The van der Waals surface area contributed by atoms with Gasteiger partial charge in [-0.05, 0) is 50.7 Å². The maximum absolute atomic E-state index is 4.69. The molecule has 0 spiro atoms. The van der Waals surface area contributed by atoms with Crippen LogP contribution in [0, 0.1) is 3.57 Å². The van der Waals surface area contributed by atoms with E-state index in [0.29, 0.717) is 5.82 Å². The predicted molar refractivity (Wildman–Crippen MR) is 60.2 cm³/mol. The third-order valence-electron chi connectivity index (χ3n) is 1.55.